The summed E-state index contributed by atoms with van der Waals surface area (Å²) in [4.78, 5) is 80.0. The van der Waals surface area contributed by atoms with E-state index in [2.05, 4.69) is 75.8 Å². The molecule has 6 aromatic rings. The fourth-order valence-corrected chi connectivity index (χ4v) is 13.1. The van der Waals surface area contributed by atoms with E-state index in [0.29, 0.717) is 119 Å². The van der Waals surface area contributed by atoms with Crippen LogP contribution >= 0.6 is 0 Å². The van der Waals surface area contributed by atoms with Gasteiger partial charge in [0.05, 0.1) is 33.8 Å². The van der Waals surface area contributed by atoms with E-state index in [4.69, 9.17) is 14.5 Å². The van der Waals surface area contributed by atoms with Crippen LogP contribution in [0.1, 0.15) is 108 Å². The highest BCUT2D eigenvalue weighted by Gasteiger charge is 2.44. The Kier molecular flexibility index (Phi) is 17.5. The van der Waals surface area contributed by atoms with Gasteiger partial charge in [-0.1, -0.05) is 26.0 Å². The monoisotopic (exact) mass is 1200 g/mol. The van der Waals surface area contributed by atoms with E-state index >= 15 is 0 Å². The quantitative estimate of drug-likeness (QED) is 0.104. The van der Waals surface area contributed by atoms with Gasteiger partial charge in [0.25, 0.3) is 5.91 Å². The lowest BCUT2D eigenvalue weighted by Crippen LogP contribution is -2.65. The number of aromatic amines is 1. The lowest BCUT2D eigenvalue weighted by molar-refractivity contribution is -0.121. The maximum Gasteiger partial charge on any atom is 0.410 e. The first-order valence-electron chi connectivity index (χ1n) is 29.7. The lowest BCUT2D eigenvalue weighted by Gasteiger charge is -2.48. The molecule has 2 aromatic carbocycles. The predicted molar refractivity (Wildman–Crippen MR) is 328 cm³/mol. The molecule has 86 heavy (non-hydrogen) atoms. The number of nitrogens with zero attached hydrogens (tertiary/aromatic N) is 13. The minimum absolute atomic E-state index is 0.0444. The summed E-state index contributed by atoms with van der Waals surface area (Å²) in [5.74, 6) is 1.27. The van der Waals surface area contributed by atoms with Crippen LogP contribution in [0.25, 0.3) is 10.9 Å². The van der Waals surface area contributed by atoms with Gasteiger partial charge in [0.2, 0.25) is 11.9 Å². The summed E-state index contributed by atoms with van der Waals surface area (Å²) in [5, 5.41) is 11.1. The van der Waals surface area contributed by atoms with Crippen LogP contribution in [0.15, 0.2) is 72.3 Å². The lowest BCUT2D eigenvalue weighted by atomic mass is 9.91. The van der Waals surface area contributed by atoms with E-state index in [-0.39, 0.29) is 71.1 Å². The zero-order valence-corrected chi connectivity index (χ0v) is 52.5. The topological polar surface area (TPSA) is 232 Å². The van der Waals surface area contributed by atoms with Crippen molar-refractivity contribution >= 4 is 61.9 Å². The molecule has 0 radical (unpaired) electrons. The largest absolute Gasteiger partial charge is 0.491 e. The number of H-pyrrole nitrogens is 1. The molecule has 3 saturated heterocycles. The summed E-state index contributed by atoms with van der Waals surface area (Å²) >= 11 is 0. The van der Waals surface area contributed by atoms with E-state index < -0.39 is 20.2 Å². The summed E-state index contributed by atoms with van der Waals surface area (Å²) in [6.07, 6.45) is 6.63. The summed E-state index contributed by atoms with van der Waals surface area (Å²) in [6, 6.07) is 11.2. The SMILES string of the molecule is Cc1[nH]nc(Nc2ncnc3cc(OCCN4CCN(c5ncc(C(=O)N6CCN(C[C@H]7CN(C(=O)OC(C)(C)C)[C@H](C)CN7CC(=O)N7CC(C)(C)c8ncc(Cc9ccc(F)cc9)cc87)C(C)C6)cn5)CC4)c(S(=O)(=O)C(C)(C)C)cc23)c1C. The highest BCUT2D eigenvalue weighted by Crippen LogP contribution is 2.41. The molecule has 0 saturated carbocycles. The standard InChI is InChI=1S/C62H82FN15O7S/c1-39-32-75(22-21-74(39)34-47-35-77(59(81)85-60(5,6)7)40(2)33-76(47)36-53(79)78-37-62(11,12)54-50(78)26-44(29-64-54)25-43-13-15-46(63)16-14-43)57(80)45-30-65-58(66-31-45)73-19-17-72(18-20-73)23-24-84-51-28-49-48(27-52(51)86(82,83)61(8,9)10)56(68-38-67-49)69-55-41(3)42(4)70-71-55/h13-16,26-31,38-40,47H,17-25,32-37H2,1-12H3,(H2,67,68,69,70,71)/t39?,40-,47+/m1/s1. The highest BCUT2D eigenvalue weighted by molar-refractivity contribution is 7.92. The number of fused-ring (bicyclic) bond motifs is 2. The molecule has 4 aliphatic rings. The van der Waals surface area contributed by atoms with Crippen molar-refractivity contribution in [2.24, 2.45) is 0 Å². The highest BCUT2D eigenvalue weighted by atomic mass is 32.2. The first-order valence-corrected chi connectivity index (χ1v) is 31.2. The van der Waals surface area contributed by atoms with Crippen LogP contribution in [-0.4, -0.2) is 206 Å². The maximum absolute atomic E-state index is 14.7. The second-order valence-corrected chi connectivity index (χ2v) is 28.8. The maximum atomic E-state index is 14.7. The second kappa shape index (κ2) is 24.4. The van der Waals surface area contributed by atoms with E-state index in [1.54, 1.807) is 62.3 Å². The number of hydrogen-bond donors (Lipinski definition) is 2. The number of rotatable bonds is 15. The van der Waals surface area contributed by atoms with Gasteiger partial charge in [-0.3, -0.25) is 34.4 Å². The minimum atomic E-state index is -3.86. The first kappa shape index (κ1) is 61.7. The van der Waals surface area contributed by atoms with Gasteiger partial charge in [-0.15, -0.1) is 0 Å². The van der Waals surface area contributed by atoms with Gasteiger partial charge in [-0.25, -0.2) is 37.5 Å². The molecule has 8 heterocycles. The van der Waals surface area contributed by atoms with Crippen LogP contribution in [0.4, 0.5) is 32.5 Å². The molecule has 22 nitrogen and oxygen atoms in total. The Morgan fingerprint density at radius 1 is 0.814 bits per heavy atom. The van der Waals surface area contributed by atoms with E-state index in [0.717, 1.165) is 33.8 Å². The Morgan fingerprint density at radius 2 is 1.53 bits per heavy atom. The first-order chi connectivity index (χ1) is 40.6. The molecule has 460 valence electrons. The number of pyridine rings is 1. The smallest absolute Gasteiger partial charge is 0.410 e. The molecule has 2 N–H and O–H groups in total. The van der Waals surface area contributed by atoms with Crippen molar-refractivity contribution in [2.75, 3.05) is 107 Å². The van der Waals surface area contributed by atoms with Crippen LogP contribution in [0.5, 0.6) is 5.75 Å². The fourth-order valence-electron chi connectivity index (χ4n) is 11.7. The molecule has 3 fully saturated rings. The number of amides is 3. The number of carbonyl (C=O) groups is 3. The third kappa shape index (κ3) is 13.4. The van der Waals surface area contributed by atoms with Crippen molar-refractivity contribution < 1.29 is 36.7 Å². The van der Waals surface area contributed by atoms with Gasteiger partial charge in [0.1, 0.15) is 40.8 Å². The number of halogens is 1. The fraction of sp³-hybridized carbons (Fsp3) is 0.532. The van der Waals surface area contributed by atoms with E-state index in [9.17, 15) is 27.2 Å². The predicted octanol–water partition coefficient (Wildman–Crippen LogP) is 7.18. The molecule has 4 aliphatic heterocycles. The molecule has 3 amide bonds. The van der Waals surface area contributed by atoms with Gasteiger partial charge >= 0.3 is 6.09 Å². The number of hydrogen-bond acceptors (Lipinski definition) is 18. The van der Waals surface area contributed by atoms with Gasteiger partial charge in [0.15, 0.2) is 15.7 Å². The van der Waals surface area contributed by atoms with Crippen LogP contribution in [0, 0.1) is 19.7 Å². The molecular weight excluding hydrogens is 1120 g/mol. The third-order valence-electron chi connectivity index (χ3n) is 16.9. The minimum Gasteiger partial charge on any atom is -0.491 e. The number of benzene rings is 2. The van der Waals surface area contributed by atoms with Gasteiger partial charge in [-0.2, -0.15) is 5.10 Å². The van der Waals surface area contributed by atoms with E-state index in [1.807, 2.05) is 63.6 Å². The zero-order valence-electron chi connectivity index (χ0n) is 51.6. The number of sulfone groups is 1. The zero-order chi connectivity index (χ0) is 61.6. The summed E-state index contributed by atoms with van der Waals surface area (Å²) < 4.78 is 53.0. The Morgan fingerprint density at radius 3 is 2.20 bits per heavy atom. The molecule has 0 bridgehead atoms. The van der Waals surface area contributed by atoms with Crippen LogP contribution in [-0.2, 0) is 31.2 Å². The van der Waals surface area contributed by atoms with Crippen molar-refractivity contribution in [3.05, 3.63) is 107 Å². The molecule has 1 unspecified atom stereocenters. The molecule has 10 rings (SSSR count). The summed E-state index contributed by atoms with van der Waals surface area (Å²) in [5.41, 5.74) is 5.20. The normalized spacial score (nSPS) is 19.9. The van der Waals surface area contributed by atoms with Crippen molar-refractivity contribution in [3.8, 4) is 5.75 Å². The molecule has 4 aromatic heterocycles. The average Bonchev–Trinajstić information content (AvgIpc) is 1.57. The van der Waals surface area contributed by atoms with Crippen molar-refractivity contribution in [1.82, 2.24) is 59.6 Å². The third-order valence-corrected chi connectivity index (χ3v) is 19.5. The number of nitrogens with one attached hydrogen (secondary N) is 2. The molecule has 0 spiro atoms. The molecular formula is C62H82FN15O7S. The van der Waals surface area contributed by atoms with Crippen molar-refractivity contribution in [3.63, 3.8) is 0 Å². The average molecular weight is 1200 g/mol. The number of aromatic nitrogens is 7. The van der Waals surface area contributed by atoms with Crippen LogP contribution in [0.3, 0.4) is 0 Å². The Balaban J connectivity index is 0.743. The van der Waals surface area contributed by atoms with Gasteiger partial charge < -0.3 is 34.4 Å². The van der Waals surface area contributed by atoms with Gasteiger partial charge in [-0.05, 0) is 111 Å². The molecule has 24 heteroatoms. The van der Waals surface area contributed by atoms with Crippen LogP contribution in [0.2, 0.25) is 0 Å². The molecule has 3 atom stereocenters. The Hall–Kier alpha value is -7.41. The van der Waals surface area contributed by atoms with Crippen LogP contribution < -0.4 is 19.9 Å². The van der Waals surface area contributed by atoms with Crippen molar-refractivity contribution in [1.29, 1.82) is 0 Å². The summed E-state index contributed by atoms with van der Waals surface area (Å²) in [6.45, 7) is 29.6. The van der Waals surface area contributed by atoms with Gasteiger partial charge in [0, 0.05) is 143 Å². The number of ether oxygens (including phenoxy) is 2. The Bertz CT molecular complexity index is 3580. The van der Waals surface area contributed by atoms with Crippen molar-refractivity contribution in [2.45, 2.75) is 128 Å². The number of piperazine rings is 3. The number of anilines is 4. The number of carbonyl (C=O) groups excluding carboxylic acids is 3. The number of aryl methyl sites for hydroxylation is 1. The summed E-state index contributed by atoms with van der Waals surface area (Å²) in [7, 11) is -3.86. The molecule has 0 aliphatic carbocycles. The second-order valence-electron chi connectivity index (χ2n) is 26.1. The Labute approximate surface area is 503 Å². The van der Waals surface area contributed by atoms with E-state index in [1.165, 1.54) is 18.5 Å².